The molecule has 3 heterocycles. The maximum atomic E-state index is 13.2. The summed E-state index contributed by atoms with van der Waals surface area (Å²) in [5.41, 5.74) is 1.48. The van der Waals surface area contributed by atoms with Crippen LogP contribution in [0.4, 0.5) is 0 Å². The predicted molar refractivity (Wildman–Crippen MR) is 104 cm³/mol. The number of amides is 2. The second kappa shape index (κ2) is 7.00. The van der Waals surface area contributed by atoms with Crippen LogP contribution in [0.3, 0.4) is 0 Å². The van der Waals surface area contributed by atoms with E-state index in [-0.39, 0.29) is 29.7 Å². The van der Waals surface area contributed by atoms with Crippen LogP contribution in [0.1, 0.15) is 59.4 Å². The molecule has 5 rings (SSSR count). The molecule has 2 aromatic heterocycles. The first-order valence-electron chi connectivity index (χ1n) is 10.5. The molecule has 2 aliphatic carbocycles. The van der Waals surface area contributed by atoms with Gasteiger partial charge in [0.05, 0.1) is 23.6 Å². The maximum absolute atomic E-state index is 13.2. The minimum Gasteiger partial charge on any atom is -0.435 e. The van der Waals surface area contributed by atoms with E-state index in [4.69, 9.17) is 4.42 Å². The van der Waals surface area contributed by atoms with E-state index in [1.54, 1.807) is 11.2 Å². The van der Waals surface area contributed by atoms with Crippen molar-refractivity contribution in [1.29, 1.82) is 0 Å². The number of oxazole rings is 1. The lowest BCUT2D eigenvalue weighted by Gasteiger charge is -2.15. The van der Waals surface area contributed by atoms with Crippen LogP contribution >= 0.6 is 0 Å². The standard InChI is InChI=1S/C21H27N5O3/c1-12-19(29-18(23-12)7-13-3-4-13)21(28)26-8-15(17-10-25(2)11-22-17)16(9-26)20(27)24-14-5-6-14/h10-11,13-16H,3-9H2,1-2H3,(H,24,27)/t15-,16-/m1/s1. The van der Waals surface area contributed by atoms with E-state index in [0.717, 1.165) is 25.0 Å². The minimum absolute atomic E-state index is 0.0159. The molecular weight excluding hydrogens is 370 g/mol. The fourth-order valence-corrected chi connectivity index (χ4v) is 4.15. The molecule has 2 aromatic rings. The van der Waals surface area contributed by atoms with Gasteiger partial charge < -0.3 is 19.2 Å². The van der Waals surface area contributed by atoms with Gasteiger partial charge in [-0.1, -0.05) is 0 Å². The summed E-state index contributed by atoms with van der Waals surface area (Å²) in [4.78, 5) is 36.7. The van der Waals surface area contributed by atoms with Crippen LogP contribution in [-0.4, -0.2) is 50.4 Å². The molecule has 1 aliphatic heterocycles. The van der Waals surface area contributed by atoms with Crippen LogP contribution in [0.25, 0.3) is 0 Å². The molecule has 1 N–H and O–H groups in total. The van der Waals surface area contributed by atoms with Crippen LogP contribution in [0.2, 0.25) is 0 Å². The molecule has 0 radical (unpaired) electrons. The Hall–Kier alpha value is -2.64. The number of aryl methyl sites for hydroxylation is 2. The van der Waals surface area contributed by atoms with Crippen LogP contribution < -0.4 is 5.32 Å². The van der Waals surface area contributed by atoms with E-state index in [0.29, 0.717) is 36.4 Å². The first-order valence-corrected chi connectivity index (χ1v) is 10.5. The van der Waals surface area contributed by atoms with Gasteiger partial charge in [-0.15, -0.1) is 0 Å². The van der Waals surface area contributed by atoms with Gasteiger partial charge in [-0.2, -0.15) is 0 Å². The average molecular weight is 397 g/mol. The van der Waals surface area contributed by atoms with E-state index in [2.05, 4.69) is 15.3 Å². The van der Waals surface area contributed by atoms with Gasteiger partial charge in [0.15, 0.2) is 5.89 Å². The van der Waals surface area contributed by atoms with Crippen LogP contribution in [0.5, 0.6) is 0 Å². The predicted octanol–water partition coefficient (Wildman–Crippen LogP) is 1.80. The lowest BCUT2D eigenvalue weighted by molar-refractivity contribution is -0.125. The summed E-state index contributed by atoms with van der Waals surface area (Å²) in [5, 5.41) is 3.10. The van der Waals surface area contributed by atoms with Gasteiger partial charge in [-0.05, 0) is 38.5 Å². The summed E-state index contributed by atoms with van der Waals surface area (Å²) in [6, 6.07) is 0.290. The van der Waals surface area contributed by atoms with E-state index in [1.807, 2.05) is 24.7 Å². The number of likely N-dealkylation sites (tertiary alicyclic amines) is 1. The second-order valence-electron chi connectivity index (χ2n) is 8.84. The Morgan fingerprint density at radius 3 is 2.69 bits per heavy atom. The van der Waals surface area contributed by atoms with Crippen molar-refractivity contribution in [3.8, 4) is 0 Å². The summed E-state index contributed by atoms with van der Waals surface area (Å²) in [6.07, 6.45) is 8.97. The number of hydrogen-bond donors (Lipinski definition) is 1. The third-order valence-corrected chi connectivity index (χ3v) is 6.17. The number of rotatable bonds is 6. The van der Waals surface area contributed by atoms with Crippen molar-refractivity contribution in [2.24, 2.45) is 18.9 Å². The number of hydrogen-bond acceptors (Lipinski definition) is 5. The highest BCUT2D eigenvalue weighted by Crippen LogP contribution is 2.35. The minimum atomic E-state index is -0.302. The number of imidazole rings is 1. The zero-order valence-electron chi connectivity index (χ0n) is 16.9. The molecule has 8 nitrogen and oxygen atoms in total. The molecule has 2 atom stereocenters. The molecule has 3 fully saturated rings. The summed E-state index contributed by atoms with van der Waals surface area (Å²) in [6.45, 7) is 2.64. The van der Waals surface area contributed by atoms with Crippen LogP contribution in [-0.2, 0) is 18.3 Å². The van der Waals surface area contributed by atoms with E-state index >= 15 is 0 Å². The molecule has 154 valence electrons. The van der Waals surface area contributed by atoms with Crippen molar-refractivity contribution in [3.63, 3.8) is 0 Å². The van der Waals surface area contributed by atoms with Gasteiger partial charge in [0.25, 0.3) is 5.91 Å². The topological polar surface area (TPSA) is 93.3 Å². The van der Waals surface area contributed by atoms with Gasteiger partial charge in [0.1, 0.15) is 0 Å². The van der Waals surface area contributed by atoms with Gasteiger partial charge >= 0.3 is 0 Å². The summed E-state index contributed by atoms with van der Waals surface area (Å²) >= 11 is 0. The molecule has 0 bridgehead atoms. The number of nitrogens with zero attached hydrogens (tertiary/aromatic N) is 4. The molecule has 2 saturated carbocycles. The lowest BCUT2D eigenvalue weighted by atomic mass is 9.92. The Morgan fingerprint density at radius 2 is 2.03 bits per heavy atom. The van der Waals surface area contributed by atoms with Gasteiger partial charge in [0, 0.05) is 44.7 Å². The average Bonchev–Trinajstić information content (AvgIpc) is 3.54. The molecule has 29 heavy (non-hydrogen) atoms. The largest absolute Gasteiger partial charge is 0.435 e. The fourth-order valence-electron chi connectivity index (χ4n) is 4.15. The number of aromatic nitrogens is 3. The first-order chi connectivity index (χ1) is 14.0. The zero-order chi connectivity index (χ0) is 20.1. The fraction of sp³-hybridized carbons (Fsp3) is 0.619. The molecular formula is C21H27N5O3. The lowest BCUT2D eigenvalue weighted by Crippen LogP contribution is -2.36. The maximum Gasteiger partial charge on any atom is 0.291 e. The molecule has 0 aromatic carbocycles. The Morgan fingerprint density at radius 1 is 1.24 bits per heavy atom. The van der Waals surface area contributed by atoms with Gasteiger partial charge in [0.2, 0.25) is 11.7 Å². The number of nitrogens with one attached hydrogen (secondary N) is 1. The first kappa shape index (κ1) is 18.4. The molecule has 2 amide bonds. The highest BCUT2D eigenvalue weighted by atomic mass is 16.4. The molecule has 0 spiro atoms. The van der Waals surface area contributed by atoms with E-state index in [9.17, 15) is 9.59 Å². The third-order valence-electron chi connectivity index (χ3n) is 6.17. The Kier molecular flexibility index (Phi) is 4.44. The zero-order valence-corrected chi connectivity index (χ0v) is 16.9. The molecule has 0 unspecified atom stereocenters. The van der Waals surface area contributed by atoms with Crippen molar-refractivity contribution in [2.45, 2.75) is 51.0 Å². The van der Waals surface area contributed by atoms with Crippen LogP contribution in [0, 0.1) is 18.8 Å². The molecule has 1 saturated heterocycles. The van der Waals surface area contributed by atoms with Crippen molar-refractivity contribution in [2.75, 3.05) is 13.1 Å². The highest BCUT2D eigenvalue weighted by molar-refractivity contribution is 5.93. The normalized spacial score (nSPS) is 24.1. The smallest absolute Gasteiger partial charge is 0.291 e. The van der Waals surface area contributed by atoms with Crippen LogP contribution in [0.15, 0.2) is 16.9 Å². The Bertz CT molecular complexity index is 940. The van der Waals surface area contributed by atoms with Gasteiger partial charge in [-0.25, -0.2) is 9.97 Å². The monoisotopic (exact) mass is 397 g/mol. The van der Waals surface area contributed by atoms with Crippen molar-refractivity contribution in [1.82, 2.24) is 24.8 Å². The Labute approximate surface area is 169 Å². The molecule has 3 aliphatic rings. The number of carbonyl (C=O) groups is 2. The van der Waals surface area contributed by atoms with E-state index in [1.165, 1.54) is 12.8 Å². The van der Waals surface area contributed by atoms with Crippen molar-refractivity contribution >= 4 is 11.8 Å². The van der Waals surface area contributed by atoms with E-state index < -0.39 is 0 Å². The SMILES string of the molecule is Cc1nc(CC2CC2)oc1C(=O)N1C[C@@H](C(=O)NC2CC2)[C@H](c2cn(C)cn2)C1. The van der Waals surface area contributed by atoms with Crippen molar-refractivity contribution in [3.05, 3.63) is 35.6 Å². The quantitative estimate of drug-likeness (QED) is 0.802. The highest BCUT2D eigenvalue weighted by Gasteiger charge is 2.43. The summed E-state index contributed by atoms with van der Waals surface area (Å²) in [7, 11) is 1.91. The van der Waals surface area contributed by atoms with Crippen molar-refractivity contribution < 1.29 is 14.0 Å². The second-order valence-corrected chi connectivity index (χ2v) is 8.84. The Balaban J connectivity index is 1.36. The number of carbonyl (C=O) groups excluding carboxylic acids is 2. The third kappa shape index (κ3) is 3.80. The summed E-state index contributed by atoms with van der Waals surface area (Å²) in [5.74, 6) is 1.02. The molecule has 8 heteroatoms. The van der Waals surface area contributed by atoms with Gasteiger partial charge in [-0.3, -0.25) is 9.59 Å². The summed E-state index contributed by atoms with van der Waals surface area (Å²) < 4.78 is 7.71.